The Kier molecular flexibility index (Phi) is 1.77. The third-order valence-corrected chi connectivity index (χ3v) is 3.87. The van der Waals surface area contributed by atoms with Crippen LogP contribution in [-0.2, 0) is 15.9 Å². The van der Waals surface area contributed by atoms with Gasteiger partial charge in [0.1, 0.15) is 0 Å². The largest absolute Gasteiger partial charge is 0.374 e. The first-order valence-electron chi connectivity index (χ1n) is 5.64. The first-order chi connectivity index (χ1) is 7.19. The maximum absolute atomic E-state index is 6.14. The van der Waals surface area contributed by atoms with Gasteiger partial charge in [-0.2, -0.15) is 0 Å². The summed E-state index contributed by atoms with van der Waals surface area (Å²) >= 11 is 0. The van der Waals surface area contributed by atoms with Crippen molar-refractivity contribution in [1.29, 1.82) is 0 Å². The van der Waals surface area contributed by atoms with Crippen LogP contribution in [0.3, 0.4) is 0 Å². The zero-order valence-electron chi connectivity index (χ0n) is 9.12. The van der Waals surface area contributed by atoms with E-state index in [1.807, 2.05) is 0 Å². The molecule has 0 bridgehead atoms. The Bertz CT molecular complexity index is 374. The average molecular weight is 203 g/mol. The van der Waals surface area contributed by atoms with Gasteiger partial charge in [0.2, 0.25) is 0 Å². The fourth-order valence-corrected chi connectivity index (χ4v) is 2.25. The molecule has 2 heteroatoms. The minimum atomic E-state index is -0.0116. The minimum Gasteiger partial charge on any atom is -0.374 e. The lowest BCUT2D eigenvalue weighted by molar-refractivity contribution is 0.0789. The summed E-state index contributed by atoms with van der Waals surface area (Å²) in [5, 5.41) is 0. The van der Waals surface area contributed by atoms with E-state index in [2.05, 4.69) is 24.3 Å². The SMILES string of the molecule is COC1(c2ccc(C3(N)CC3)cc2)CC1. The second-order valence-corrected chi connectivity index (χ2v) is 4.93. The van der Waals surface area contributed by atoms with Crippen molar-refractivity contribution in [2.75, 3.05) is 7.11 Å². The van der Waals surface area contributed by atoms with Gasteiger partial charge in [-0.3, -0.25) is 0 Å². The number of ether oxygens (including phenoxy) is 1. The van der Waals surface area contributed by atoms with Crippen molar-refractivity contribution in [1.82, 2.24) is 0 Å². The highest BCUT2D eigenvalue weighted by molar-refractivity contribution is 5.36. The zero-order valence-corrected chi connectivity index (χ0v) is 9.12. The van der Waals surface area contributed by atoms with Crippen LogP contribution in [0.25, 0.3) is 0 Å². The summed E-state index contributed by atoms with van der Waals surface area (Å²) in [5.41, 5.74) is 8.74. The van der Waals surface area contributed by atoms with Gasteiger partial charge < -0.3 is 10.5 Å². The lowest BCUT2D eigenvalue weighted by Gasteiger charge is -2.15. The molecule has 15 heavy (non-hydrogen) atoms. The summed E-state index contributed by atoms with van der Waals surface area (Å²) in [6.45, 7) is 0. The monoisotopic (exact) mass is 203 g/mol. The minimum absolute atomic E-state index is 0.0116. The number of hydrogen-bond donors (Lipinski definition) is 1. The number of hydrogen-bond acceptors (Lipinski definition) is 2. The predicted octanol–water partition coefficient (Wildman–Crippen LogP) is 2.27. The van der Waals surface area contributed by atoms with Crippen LogP contribution in [-0.4, -0.2) is 7.11 Å². The molecule has 0 saturated heterocycles. The van der Waals surface area contributed by atoms with E-state index in [0.29, 0.717) is 0 Å². The smallest absolute Gasteiger partial charge is 0.0929 e. The molecule has 2 nitrogen and oxygen atoms in total. The highest BCUT2D eigenvalue weighted by Crippen LogP contribution is 2.49. The van der Waals surface area contributed by atoms with E-state index in [-0.39, 0.29) is 11.1 Å². The van der Waals surface area contributed by atoms with Crippen molar-refractivity contribution in [2.24, 2.45) is 5.73 Å². The van der Waals surface area contributed by atoms with Gasteiger partial charge in [0.15, 0.2) is 0 Å². The molecule has 1 aromatic rings. The molecule has 2 N–H and O–H groups in total. The van der Waals surface area contributed by atoms with Gasteiger partial charge in [-0.25, -0.2) is 0 Å². The van der Waals surface area contributed by atoms with E-state index >= 15 is 0 Å². The normalized spacial score (nSPS) is 24.9. The Labute approximate surface area is 90.4 Å². The standard InChI is InChI=1S/C13H17NO/c1-15-13(8-9-13)11-4-2-10(3-5-11)12(14)6-7-12/h2-5H,6-9,14H2,1H3. The molecule has 0 unspecified atom stereocenters. The Morgan fingerprint density at radius 1 is 1.00 bits per heavy atom. The molecule has 2 fully saturated rings. The van der Waals surface area contributed by atoms with Crippen LogP contribution in [0.5, 0.6) is 0 Å². The molecule has 1 aromatic carbocycles. The molecule has 0 aromatic heterocycles. The fraction of sp³-hybridized carbons (Fsp3) is 0.538. The van der Waals surface area contributed by atoms with Crippen molar-refractivity contribution in [3.63, 3.8) is 0 Å². The van der Waals surface area contributed by atoms with Gasteiger partial charge in [0, 0.05) is 12.6 Å². The third kappa shape index (κ3) is 1.40. The second-order valence-electron chi connectivity index (χ2n) is 4.93. The molecular weight excluding hydrogens is 186 g/mol. The number of nitrogens with two attached hydrogens (primary N) is 1. The summed E-state index contributed by atoms with van der Waals surface area (Å²) in [6, 6.07) is 8.69. The van der Waals surface area contributed by atoms with E-state index in [0.717, 1.165) is 25.7 Å². The molecule has 3 rings (SSSR count). The molecule has 2 aliphatic rings. The van der Waals surface area contributed by atoms with Gasteiger partial charge in [-0.15, -0.1) is 0 Å². The quantitative estimate of drug-likeness (QED) is 0.818. The maximum Gasteiger partial charge on any atom is 0.0929 e. The van der Waals surface area contributed by atoms with Crippen LogP contribution >= 0.6 is 0 Å². The molecule has 80 valence electrons. The molecule has 0 atom stereocenters. The summed E-state index contributed by atoms with van der Waals surface area (Å²) < 4.78 is 5.54. The molecule has 2 saturated carbocycles. The van der Waals surface area contributed by atoms with Gasteiger partial charge in [0.05, 0.1) is 5.60 Å². The third-order valence-electron chi connectivity index (χ3n) is 3.87. The molecule has 0 spiro atoms. The van der Waals surface area contributed by atoms with E-state index in [4.69, 9.17) is 10.5 Å². The summed E-state index contributed by atoms with van der Waals surface area (Å²) in [7, 11) is 1.80. The van der Waals surface area contributed by atoms with Gasteiger partial charge in [-0.1, -0.05) is 24.3 Å². The average Bonchev–Trinajstić information content (AvgIpc) is 3.15. The van der Waals surface area contributed by atoms with Crippen LogP contribution in [0.1, 0.15) is 36.8 Å². The van der Waals surface area contributed by atoms with Crippen molar-refractivity contribution in [3.05, 3.63) is 35.4 Å². The molecule has 0 heterocycles. The van der Waals surface area contributed by atoms with Crippen molar-refractivity contribution >= 4 is 0 Å². The van der Waals surface area contributed by atoms with E-state index < -0.39 is 0 Å². The molecule has 0 aliphatic heterocycles. The van der Waals surface area contributed by atoms with Crippen LogP contribution in [0.15, 0.2) is 24.3 Å². The number of methoxy groups -OCH3 is 1. The molecule has 0 amide bonds. The number of benzene rings is 1. The summed E-state index contributed by atoms with van der Waals surface area (Å²) in [6.07, 6.45) is 4.55. The Morgan fingerprint density at radius 2 is 1.53 bits per heavy atom. The molecule has 2 aliphatic carbocycles. The lowest BCUT2D eigenvalue weighted by Crippen LogP contribution is -2.19. The lowest BCUT2D eigenvalue weighted by atomic mass is 10.0. The van der Waals surface area contributed by atoms with Crippen LogP contribution < -0.4 is 5.73 Å². The van der Waals surface area contributed by atoms with Gasteiger partial charge in [-0.05, 0) is 36.8 Å². The van der Waals surface area contributed by atoms with Crippen molar-refractivity contribution < 1.29 is 4.74 Å². The Morgan fingerprint density at radius 3 is 1.93 bits per heavy atom. The van der Waals surface area contributed by atoms with Crippen LogP contribution in [0.2, 0.25) is 0 Å². The van der Waals surface area contributed by atoms with Gasteiger partial charge in [0.25, 0.3) is 0 Å². The first kappa shape index (κ1) is 9.37. The summed E-state index contributed by atoms with van der Waals surface area (Å²) in [4.78, 5) is 0. The highest BCUT2D eigenvalue weighted by Gasteiger charge is 2.45. The Hall–Kier alpha value is -0.860. The highest BCUT2D eigenvalue weighted by atomic mass is 16.5. The Balaban J connectivity index is 1.88. The molecule has 0 radical (unpaired) electrons. The maximum atomic E-state index is 6.14. The topological polar surface area (TPSA) is 35.2 Å². The fourth-order valence-electron chi connectivity index (χ4n) is 2.25. The van der Waals surface area contributed by atoms with Crippen LogP contribution in [0.4, 0.5) is 0 Å². The summed E-state index contributed by atoms with van der Waals surface area (Å²) in [5.74, 6) is 0. The molecular formula is C13H17NO. The predicted molar refractivity (Wildman–Crippen MR) is 59.5 cm³/mol. The van der Waals surface area contributed by atoms with Crippen molar-refractivity contribution in [3.8, 4) is 0 Å². The van der Waals surface area contributed by atoms with Crippen LogP contribution in [0, 0.1) is 0 Å². The second kappa shape index (κ2) is 2.83. The van der Waals surface area contributed by atoms with E-state index in [1.165, 1.54) is 11.1 Å². The van der Waals surface area contributed by atoms with E-state index in [9.17, 15) is 0 Å². The van der Waals surface area contributed by atoms with Gasteiger partial charge >= 0.3 is 0 Å². The first-order valence-corrected chi connectivity index (χ1v) is 5.64. The zero-order chi connectivity index (χ0) is 10.5. The number of rotatable bonds is 3. The van der Waals surface area contributed by atoms with E-state index in [1.54, 1.807) is 7.11 Å². The van der Waals surface area contributed by atoms with Crippen molar-refractivity contribution in [2.45, 2.75) is 36.8 Å².